The van der Waals surface area contributed by atoms with Crippen molar-refractivity contribution < 1.29 is 18.0 Å². The van der Waals surface area contributed by atoms with Gasteiger partial charge >= 0.3 is 0 Å². The molecule has 0 radical (unpaired) electrons. The Labute approximate surface area is 194 Å². The van der Waals surface area contributed by atoms with Crippen molar-refractivity contribution >= 4 is 55.5 Å². The number of nitrogens with one attached hydrogen (secondary N) is 1. The van der Waals surface area contributed by atoms with E-state index < -0.39 is 21.8 Å². The lowest BCUT2D eigenvalue weighted by Gasteiger charge is -2.20. The maximum Gasteiger partial charge on any atom is 0.265 e. The Kier molecular flexibility index (Phi) is 5.74. The van der Waals surface area contributed by atoms with Gasteiger partial charge in [-0.2, -0.15) is 0 Å². The lowest BCUT2D eigenvalue weighted by Crippen LogP contribution is -2.29. The Bertz CT molecular complexity index is 1370. The van der Waals surface area contributed by atoms with Crippen molar-refractivity contribution in [3.8, 4) is 0 Å². The molecule has 1 aliphatic rings. The topological polar surface area (TPSA) is 110 Å². The van der Waals surface area contributed by atoms with Crippen molar-refractivity contribution in [2.75, 3.05) is 16.2 Å². The molecular weight excluding hydrogens is 470 g/mol. The molecule has 10 heteroatoms. The van der Waals surface area contributed by atoms with E-state index in [4.69, 9.17) is 17.3 Å². The van der Waals surface area contributed by atoms with Crippen LogP contribution in [0.3, 0.4) is 0 Å². The van der Waals surface area contributed by atoms with Crippen LogP contribution in [0.5, 0.6) is 0 Å². The van der Waals surface area contributed by atoms with Crippen LogP contribution in [0, 0.1) is 13.8 Å². The first-order valence-corrected chi connectivity index (χ1v) is 12.4. The number of halogens is 1. The molecule has 0 spiro atoms. The van der Waals surface area contributed by atoms with Gasteiger partial charge in [-0.15, -0.1) is 11.3 Å². The third kappa shape index (κ3) is 3.76. The number of primary amides is 1. The number of anilines is 2. The Morgan fingerprint density at radius 1 is 1.16 bits per heavy atom. The number of carbonyl (C=O) groups excluding carboxylic acids is 2. The molecule has 0 fully saturated rings. The predicted octanol–water partition coefficient (Wildman–Crippen LogP) is 4.12. The molecule has 7 nitrogen and oxygen atoms in total. The number of nitrogens with zero attached hydrogens (tertiary/aromatic N) is 1. The smallest absolute Gasteiger partial charge is 0.265 e. The summed E-state index contributed by atoms with van der Waals surface area (Å²) in [5.41, 5.74) is 8.05. The first-order valence-electron chi connectivity index (χ1n) is 9.72. The minimum absolute atomic E-state index is 0.0200. The van der Waals surface area contributed by atoms with E-state index in [1.54, 1.807) is 19.1 Å². The zero-order valence-corrected chi connectivity index (χ0v) is 19.7. The fourth-order valence-corrected chi connectivity index (χ4v) is 6.77. The van der Waals surface area contributed by atoms with Crippen molar-refractivity contribution in [3.63, 3.8) is 0 Å². The van der Waals surface area contributed by atoms with E-state index in [-0.39, 0.29) is 21.0 Å². The molecule has 4 rings (SSSR count). The molecular formula is C22H20ClN3O4S2. The molecule has 166 valence electrons. The fourth-order valence-electron chi connectivity index (χ4n) is 3.71. The second-order valence-electron chi connectivity index (χ2n) is 7.41. The van der Waals surface area contributed by atoms with E-state index in [0.29, 0.717) is 29.2 Å². The highest BCUT2D eigenvalue weighted by Gasteiger charge is 2.32. The van der Waals surface area contributed by atoms with Crippen molar-refractivity contribution in [1.29, 1.82) is 0 Å². The van der Waals surface area contributed by atoms with Crippen LogP contribution in [0.1, 0.15) is 36.7 Å². The van der Waals surface area contributed by atoms with Crippen molar-refractivity contribution in [1.82, 2.24) is 0 Å². The monoisotopic (exact) mass is 489 g/mol. The van der Waals surface area contributed by atoms with Crippen molar-refractivity contribution in [2.45, 2.75) is 25.2 Å². The summed E-state index contributed by atoms with van der Waals surface area (Å²) in [5.74, 6) is -1.21. The number of thiophene rings is 1. The van der Waals surface area contributed by atoms with Gasteiger partial charge in [0.05, 0.1) is 16.3 Å². The van der Waals surface area contributed by atoms with E-state index in [0.717, 1.165) is 10.4 Å². The molecule has 3 aromatic rings. The van der Waals surface area contributed by atoms with Gasteiger partial charge in [-0.25, -0.2) is 8.42 Å². The van der Waals surface area contributed by atoms with E-state index in [1.807, 2.05) is 19.1 Å². The van der Waals surface area contributed by atoms with Gasteiger partial charge < -0.3 is 11.1 Å². The van der Waals surface area contributed by atoms with Crippen LogP contribution in [0.15, 0.2) is 47.4 Å². The van der Waals surface area contributed by atoms with Gasteiger partial charge in [0.2, 0.25) is 0 Å². The first-order chi connectivity index (χ1) is 15.1. The van der Waals surface area contributed by atoms with Gasteiger partial charge in [0.25, 0.3) is 21.8 Å². The lowest BCUT2D eigenvalue weighted by molar-refractivity contribution is 0.100. The fraction of sp³-hybridized carbons (Fsp3) is 0.182. The number of benzene rings is 2. The van der Waals surface area contributed by atoms with Crippen LogP contribution in [0.2, 0.25) is 5.02 Å². The number of rotatable bonds is 5. The summed E-state index contributed by atoms with van der Waals surface area (Å²) in [7, 11) is -3.99. The summed E-state index contributed by atoms with van der Waals surface area (Å²) in [6.45, 7) is 3.87. The van der Waals surface area contributed by atoms with Gasteiger partial charge in [0.1, 0.15) is 9.90 Å². The van der Waals surface area contributed by atoms with Crippen LogP contribution in [-0.4, -0.2) is 26.8 Å². The van der Waals surface area contributed by atoms with E-state index in [9.17, 15) is 18.0 Å². The highest BCUT2D eigenvalue weighted by atomic mass is 35.5. The molecule has 0 saturated heterocycles. The van der Waals surface area contributed by atoms with E-state index in [2.05, 4.69) is 5.32 Å². The summed E-state index contributed by atoms with van der Waals surface area (Å²) >= 11 is 7.48. The number of amides is 2. The molecule has 0 saturated carbocycles. The second-order valence-corrected chi connectivity index (χ2v) is 10.9. The quantitative estimate of drug-likeness (QED) is 0.561. The Balaban J connectivity index is 1.69. The maximum absolute atomic E-state index is 13.4. The number of fused-ring (bicyclic) bond motifs is 1. The first kappa shape index (κ1) is 22.3. The average Bonchev–Trinajstić information content (AvgIpc) is 3.29. The average molecular weight is 490 g/mol. The Morgan fingerprint density at radius 3 is 2.59 bits per heavy atom. The number of nitrogens with two attached hydrogens (primary N) is 1. The Morgan fingerprint density at radius 2 is 1.88 bits per heavy atom. The molecule has 3 N–H and O–H groups in total. The molecule has 0 atom stereocenters. The minimum Gasteiger partial charge on any atom is -0.365 e. The SMILES string of the molecule is Cc1sc(NC(=O)c2ccc(Cl)c(S(=O)(=O)N3CCc4ccccc43)c2)c(C(N)=O)c1C. The molecule has 2 heterocycles. The predicted molar refractivity (Wildman–Crippen MR) is 126 cm³/mol. The lowest BCUT2D eigenvalue weighted by atomic mass is 10.1. The van der Waals surface area contributed by atoms with Gasteiger partial charge in [0.15, 0.2) is 0 Å². The summed E-state index contributed by atoms with van der Waals surface area (Å²) in [6, 6.07) is 11.3. The molecule has 1 aromatic heterocycles. The molecule has 0 aliphatic carbocycles. The van der Waals surface area contributed by atoms with Gasteiger partial charge in [-0.1, -0.05) is 29.8 Å². The summed E-state index contributed by atoms with van der Waals surface area (Å²) < 4.78 is 28.1. The number of sulfonamides is 1. The zero-order chi connectivity index (χ0) is 23.2. The minimum atomic E-state index is -3.99. The Hall–Kier alpha value is -2.88. The molecule has 0 bridgehead atoms. The molecule has 1 aliphatic heterocycles. The summed E-state index contributed by atoms with van der Waals surface area (Å²) in [4.78, 5) is 25.4. The summed E-state index contributed by atoms with van der Waals surface area (Å²) in [5, 5.41) is 3.02. The number of aryl methyl sites for hydroxylation is 1. The maximum atomic E-state index is 13.4. The van der Waals surface area contributed by atoms with E-state index in [1.165, 1.54) is 33.8 Å². The number of para-hydroxylation sites is 1. The van der Waals surface area contributed by atoms with Crippen LogP contribution >= 0.6 is 22.9 Å². The van der Waals surface area contributed by atoms with Crippen LogP contribution in [0.25, 0.3) is 0 Å². The highest BCUT2D eigenvalue weighted by molar-refractivity contribution is 7.93. The normalized spacial score (nSPS) is 13.2. The summed E-state index contributed by atoms with van der Waals surface area (Å²) in [6.07, 6.45) is 0.597. The third-order valence-electron chi connectivity index (χ3n) is 5.46. The molecule has 0 unspecified atom stereocenters. The van der Waals surface area contributed by atoms with Crippen LogP contribution in [0.4, 0.5) is 10.7 Å². The molecule has 32 heavy (non-hydrogen) atoms. The van der Waals surface area contributed by atoms with Crippen molar-refractivity contribution in [2.24, 2.45) is 5.73 Å². The molecule has 2 aromatic carbocycles. The van der Waals surface area contributed by atoms with Gasteiger partial charge in [-0.3, -0.25) is 13.9 Å². The van der Waals surface area contributed by atoms with Crippen LogP contribution in [-0.2, 0) is 16.4 Å². The zero-order valence-electron chi connectivity index (χ0n) is 17.3. The third-order valence-corrected chi connectivity index (χ3v) is 8.88. The molecule has 2 amide bonds. The second kappa shape index (κ2) is 8.23. The number of hydrogen-bond donors (Lipinski definition) is 2. The van der Waals surface area contributed by atoms with Gasteiger partial charge in [-0.05, 0) is 55.7 Å². The number of hydrogen-bond acceptors (Lipinski definition) is 5. The standard InChI is InChI=1S/C22H20ClN3O4S2/c1-12-13(2)31-22(19(12)20(24)27)25-21(28)15-7-8-16(23)18(11-15)32(29,30)26-10-9-14-5-3-4-6-17(14)26/h3-8,11H,9-10H2,1-2H3,(H2,24,27)(H,25,28). The van der Waals surface area contributed by atoms with E-state index >= 15 is 0 Å². The van der Waals surface area contributed by atoms with Crippen LogP contribution < -0.4 is 15.4 Å². The number of carbonyl (C=O) groups is 2. The highest BCUT2D eigenvalue weighted by Crippen LogP contribution is 2.36. The largest absolute Gasteiger partial charge is 0.365 e. The van der Waals surface area contributed by atoms with Gasteiger partial charge in [0, 0.05) is 17.0 Å². The van der Waals surface area contributed by atoms with Crippen molar-refractivity contribution in [3.05, 3.63) is 74.6 Å².